The zero-order chi connectivity index (χ0) is 20.9. The van der Waals surface area contributed by atoms with Crippen LogP contribution < -0.4 is 5.73 Å². The molecule has 2 aromatic carbocycles. The molecule has 5 heteroatoms. The van der Waals surface area contributed by atoms with Gasteiger partial charge >= 0.3 is 0 Å². The molecule has 0 aliphatic heterocycles. The highest BCUT2D eigenvalue weighted by Gasteiger charge is 2.22. The number of rotatable bonds is 7. The Morgan fingerprint density at radius 1 is 1.00 bits per heavy atom. The number of aryl methyl sites for hydroxylation is 2. The van der Waals surface area contributed by atoms with Gasteiger partial charge in [0.2, 0.25) is 11.8 Å². The molecule has 0 bridgehead atoms. The second-order valence-electron chi connectivity index (χ2n) is 6.89. The maximum atomic E-state index is 8.11. The normalized spacial score (nSPS) is 12.5. The van der Waals surface area contributed by atoms with Crippen LogP contribution in [-0.2, 0) is 11.2 Å². The first-order valence-electron chi connectivity index (χ1n) is 9.71. The summed E-state index contributed by atoms with van der Waals surface area (Å²) in [4.78, 5) is 2.06. The second kappa shape index (κ2) is 12.8. The summed E-state index contributed by atoms with van der Waals surface area (Å²) in [5.41, 5.74) is 8.16. The van der Waals surface area contributed by atoms with Gasteiger partial charge < -0.3 is 10.5 Å². The van der Waals surface area contributed by atoms with E-state index < -0.39 is 6.04 Å². The molecule has 0 amide bonds. The molecule has 2 aromatic rings. The van der Waals surface area contributed by atoms with Crippen molar-refractivity contribution in [1.29, 1.82) is 10.8 Å². The van der Waals surface area contributed by atoms with Crippen LogP contribution >= 0.6 is 0 Å². The van der Waals surface area contributed by atoms with E-state index >= 15 is 0 Å². The highest BCUT2D eigenvalue weighted by molar-refractivity contribution is 5.93. The fourth-order valence-electron chi connectivity index (χ4n) is 2.53. The summed E-state index contributed by atoms with van der Waals surface area (Å²) in [6.45, 7) is 6.62. The number of ether oxygens (including phenoxy) is 1. The van der Waals surface area contributed by atoms with E-state index in [-0.39, 0.29) is 17.8 Å². The number of nitrogens with one attached hydrogen (secondary N) is 2. The Balaban J connectivity index is 0.000000467. The number of nitrogens with zero attached hydrogens (tertiary/aromatic N) is 1. The maximum Gasteiger partial charge on any atom is 0.206 e. The predicted octanol–water partition coefficient (Wildman–Crippen LogP) is 4.25. The van der Waals surface area contributed by atoms with E-state index in [0.29, 0.717) is 0 Å². The van der Waals surface area contributed by atoms with Gasteiger partial charge in [-0.15, -0.1) is 0 Å². The Morgan fingerprint density at radius 2 is 1.54 bits per heavy atom. The lowest BCUT2D eigenvalue weighted by molar-refractivity contribution is 0.271. The molecule has 0 aliphatic rings. The zero-order valence-corrected chi connectivity index (χ0v) is 17.5. The number of benzene rings is 2. The topological polar surface area (TPSA) is 86.2 Å². The molecule has 2 atom stereocenters. The fourth-order valence-corrected chi connectivity index (χ4v) is 2.53. The maximum absolute atomic E-state index is 8.11. The van der Waals surface area contributed by atoms with Gasteiger partial charge in [-0.3, -0.25) is 15.7 Å². The van der Waals surface area contributed by atoms with Crippen molar-refractivity contribution in [2.24, 2.45) is 5.73 Å². The first kappa shape index (κ1) is 23.5. The molecule has 0 radical (unpaired) electrons. The highest BCUT2D eigenvalue weighted by atomic mass is 16.5. The smallest absolute Gasteiger partial charge is 0.206 e. The van der Waals surface area contributed by atoms with E-state index in [1.165, 1.54) is 11.1 Å². The molecule has 0 saturated carbocycles. The van der Waals surface area contributed by atoms with E-state index in [0.717, 1.165) is 19.4 Å². The molecular formula is C23H34N4O. The van der Waals surface area contributed by atoms with Crippen molar-refractivity contribution in [2.75, 3.05) is 13.6 Å². The van der Waals surface area contributed by atoms with E-state index in [1.54, 1.807) is 6.92 Å². The molecule has 0 saturated heterocycles. The minimum absolute atomic E-state index is 0.0609. The van der Waals surface area contributed by atoms with E-state index in [4.69, 9.17) is 21.3 Å². The molecule has 0 aromatic heterocycles. The van der Waals surface area contributed by atoms with Crippen molar-refractivity contribution in [3.05, 3.63) is 71.8 Å². The third-order valence-corrected chi connectivity index (χ3v) is 4.46. The molecule has 2 rings (SSSR count). The van der Waals surface area contributed by atoms with Crippen molar-refractivity contribution in [3.63, 3.8) is 0 Å². The average Bonchev–Trinajstić information content (AvgIpc) is 2.69. The van der Waals surface area contributed by atoms with E-state index in [9.17, 15) is 0 Å². The summed E-state index contributed by atoms with van der Waals surface area (Å²) in [6.07, 6.45) is 1.65. The van der Waals surface area contributed by atoms with Gasteiger partial charge in [-0.1, -0.05) is 73.2 Å². The van der Waals surface area contributed by atoms with Gasteiger partial charge in [0.1, 0.15) is 0 Å². The van der Waals surface area contributed by atoms with Gasteiger partial charge in [0.25, 0.3) is 0 Å². The van der Waals surface area contributed by atoms with Gasteiger partial charge in [0, 0.05) is 0 Å². The van der Waals surface area contributed by atoms with Crippen LogP contribution in [0.2, 0.25) is 0 Å². The van der Waals surface area contributed by atoms with E-state index in [1.807, 2.05) is 50.4 Å². The van der Waals surface area contributed by atoms with Crippen LogP contribution in [0.25, 0.3) is 0 Å². The third kappa shape index (κ3) is 8.93. The lowest BCUT2D eigenvalue weighted by Gasteiger charge is -2.27. The fraction of sp³-hybridized carbons (Fsp3) is 0.391. The van der Waals surface area contributed by atoms with Crippen LogP contribution in [0.3, 0.4) is 0 Å². The predicted molar refractivity (Wildman–Crippen MR) is 118 cm³/mol. The molecule has 5 nitrogen and oxygen atoms in total. The Bertz CT molecular complexity index is 701. The van der Waals surface area contributed by atoms with Gasteiger partial charge in [0.15, 0.2) is 0 Å². The van der Waals surface area contributed by atoms with Gasteiger partial charge in [-0.2, -0.15) is 0 Å². The Hall–Kier alpha value is -2.50. The lowest BCUT2D eigenvalue weighted by atomic mass is 10.0. The molecule has 4 N–H and O–H groups in total. The van der Waals surface area contributed by atoms with Crippen LogP contribution in [0.1, 0.15) is 31.4 Å². The molecule has 0 spiro atoms. The summed E-state index contributed by atoms with van der Waals surface area (Å²) < 4.78 is 5.29. The van der Waals surface area contributed by atoms with Crippen LogP contribution in [0.4, 0.5) is 0 Å². The van der Waals surface area contributed by atoms with Crippen molar-refractivity contribution >= 4 is 11.8 Å². The summed E-state index contributed by atoms with van der Waals surface area (Å²) in [5, 5.41) is 15.8. The van der Waals surface area contributed by atoms with E-state index in [2.05, 4.69) is 36.1 Å². The molecule has 0 fully saturated rings. The molecule has 1 unspecified atom stereocenters. The minimum Gasteiger partial charge on any atom is -0.426 e. The standard InChI is InChI=1S/C16H26N4O.C7H8/c1-4-20(3)14(16(19)21-15(18)12(2)17)11-10-13-8-6-5-7-9-13;1-7-5-3-2-4-6-7/h5-9,12,14,18-19H,4,10-11,17H2,1-3H3;2-6H,1H3/t12-,14?;/m0./s1. The van der Waals surface area contributed by atoms with Crippen molar-refractivity contribution < 1.29 is 4.74 Å². The Kier molecular flexibility index (Phi) is 10.8. The largest absolute Gasteiger partial charge is 0.426 e. The molecule has 0 aliphatic carbocycles. The van der Waals surface area contributed by atoms with Crippen LogP contribution in [0, 0.1) is 17.7 Å². The van der Waals surface area contributed by atoms with Gasteiger partial charge in [-0.25, -0.2) is 0 Å². The van der Waals surface area contributed by atoms with Gasteiger partial charge in [-0.05, 0) is 45.8 Å². The SMILES string of the molecule is CCN(C)C(CCc1ccccc1)C(=N)OC(=N)[C@H](C)N.Cc1ccccc1. The number of nitrogens with two attached hydrogens (primary N) is 1. The molecule has 152 valence electrons. The monoisotopic (exact) mass is 382 g/mol. The number of hydrogen-bond acceptors (Lipinski definition) is 5. The third-order valence-electron chi connectivity index (χ3n) is 4.46. The second-order valence-corrected chi connectivity index (χ2v) is 6.89. The Morgan fingerprint density at radius 3 is 1.96 bits per heavy atom. The van der Waals surface area contributed by atoms with Crippen molar-refractivity contribution in [1.82, 2.24) is 4.90 Å². The minimum atomic E-state index is -0.493. The van der Waals surface area contributed by atoms with Crippen molar-refractivity contribution in [3.8, 4) is 0 Å². The first-order valence-corrected chi connectivity index (χ1v) is 9.71. The van der Waals surface area contributed by atoms with Gasteiger partial charge in [0.05, 0.1) is 12.1 Å². The quantitative estimate of drug-likeness (QED) is 0.494. The highest BCUT2D eigenvalue weighted by Crippen LogP contribution is 2.11. The van der Waals surface area contributed by atoms with Crippen molar-refractivity contribution in [2.45, 2.75) is 45.7 Å². The number of likely N-dealkylation sites (N-methyl/N-ethyl adjacent to an activating group) is 1. The van der Waals surface area contributed by atoms with Crippen LogP contribution in [0.15, 0.2) is 60.7 Å². The average molecular weight is 383 g/mol. The molecule has 28 heavy (non-hydrogen) atoms. The lowest BCUT2D eigenvalue weighted by Crippen LogP contribution is -2.42. The summed E-state index contributed by atoms with van der Waals surface area (Å²) in [6, 6.07) is 19.8. The first-order chi connectivity index (χ1) is 13.3. The van der Waals surface area contributed by atoms with Crippen LogP contribution in [-0.4, -0.2) is 42.4 Å². The zero-order valence-electron chi connectivity index (χ0n) is 17.5. The number of hydrogen-bond donors (Lipinski definition) is 3. The summed E-state index contributed by atoms with van der Waals surface area (Å²) in [7, 11) is 1.96. The summed E-state index contributed by atoms with van der Waals surface area (Å²) >= 11 is 0. The van der Waals surface area contributed by atoms with Crippen LogP contribution in [0.5, 0.6) is 0 Å². The summed E-state index contributed by atoms with van der Waals surface area (Å²) in [5.74, 6) is 0.0341. The molecular weight excluding hydrogens is 348 g/mol. The molecule has 0 heterocycles. The Labute approximate surface area is 169 Å².